The number of likely N-dealkylation sites (tertiary alicyclic amines) is 1. The van der Waals surface area contributed by atoms with Crippen LogP contribution in [0.1, 0.15) is 111 Å². The number of ether oxygens (including phenoxy) is 2. The molecule has 5 N–H and O–H groups in total. The lowest BCUT2D eigenvalue weighted by Crippen LogP contribution is -2.66. The van der Waals surface area contributed by atoms with E-state index < -0.39 is 84.0 Å². The predicted octanol–water partition coefficient (Wildman–Crippen LogP) is 6.88. The molecule has 1 aliphatic rings. The Kier molecular flexibility index (Phi) is 18.1. The number of hydrogen-bond donors (Lipinski definition) is 4. The molecule has 3 aromatic rings. The molecule has 1 saturated heterocycles. The molecule has 0 bridgehead atoms. The zero-order valence-electron chi connectivity index (χ0n) is 40.2. The number of nitrogens with two attached hydrogens (primary N) is 1. The zero-order chi connectivity index (χ0) is 49.1. The number of carbonyl (C=O) groups is 6. The molecule has 0 saturated carbocycles. The van der Waals surface area contributed by atoms with E-state index in [2.05, 4.69) is 16.0 Å². The minimum absolute atomic E-state index is 0.00112. The van der Waals surface area contributed by atoms with Gasteiger partial charge in [-0.25, -0.2) is 4.79 Å². The zero-order valence-corrected chi connectivity index (χ0v) is 41.1. The largest absolute Gasteiger partial charge is 0.460 e. The lowest BCUT2D eigenvalue weighted by atomic mass is 9.84. The van der Waals surface area contributed by atoms with Gasteiger partial charge in [0.05, 0.1) is 43.2 Å². The van der Waals surface area contributed by atoms with Crippen molar-refractivity contribution in [2.24, 2.45) is 11.7 Å². The summed E-state index contributed by atoms with van der Waals surface area (Å²) in [6.07, 6.45) is -0.403. The number of nitrogens with zero attached hydrogens (tertiary/aromatic N) is 1. The second-order valence-corrected chi connectivity index (χ2v) is 21.8. The van der Waals surface area contributed by atoms with Crippen molar-refractivity contribution in [3.05, 3.63) is 83.4 Å². The molecule has 0 unspecified atom stereocenters. The third kappa shape index (κ3) is 16.8. The third-order valence-electron chi connectivity index (χ3n) is 10.6. The molecule has 2 atom stereocenters. The van der Waals surface area contributed by atoms with Crippen LogP contribution < -0.4 is 21.7 Å². The molecular formula is C49H70N5O11P. The summed E-state index contributed by atoms with van der Waals surface area (Å²) in [6.45, 7) is 16.2. The first-order valence-corrected chi connectivity index (χ1v) is 24.2. The maximum atomic E-state index is 14.6. The Morgan fingerprint density at radius 2 is 1.36 bits per heavy atom. The molecule has 5 amide bonds. The minimum atomic E-state index is -3.63. The van der Waals surface area contributed by atoms with Crippen molar-refractivity contribution >= 4 is 54.1 Å². The summed E-state index contributed by atoms with van der Waals surface area (Å²) >= 11 is 0. The summed E-state index contributed by atoms with van der Waals surface area (Å²) in [7, 11) is -2.39. The number of primary amides is 1. The Hall–Kier alpha value is -5.31. The van der Waals surface area contributed by atoms with E-state index >= 15 is 0 Å². The van der Waals surface area contributed by atoms with Gasteiger partial charge < -0.3 is 45.1 Å². The van der Waals surface area contributed by atoms with E-state index in [-0.39, 0.29) is 51.5 Å². The van der Waals surface area contributed by atoms with Gasteiger partial charge in [0.15, 0.2) is 0 Å². The van der Waals surface area contributed by atoms with E-state index in [1.54, 1.807) is 86.6 Å². The van der Waals surface area contributed by atoms with Crippen LogP contribution in [0.5, 0.6) is 0 Å². The molecule has 1 fully saturated rings. The van der Waals surface area contributed by atoms with Crippen LogP contribution >= 0.6 is 7.60 Å². The van der Waals surface area contributed by atoms with E-state index in [0.29, 0.717) is 24.0 Å². The fourth-order valence-electron chi connectivity index (χ4n) is 7.83. The molecule has 3 aromatic carbocycles. The van der Waals surface area contributed by atoms with Crippen molar-refractivity contribution in [3.63, 3.8) is 0 Å². The minimum Gasteiger partial charge on any atom is -0.460 e. The Labute approximate surface area is 389 Å². The number of methoxy groups -OCH3 is 1. The van der Waals surface area contributed by atoms with Crippen molar-refractivity contribution in [1.82, 2.24) is 20.9 Å². The van der Waals surface area contributed by atoms with E-state index in [9.17, 15) is 33.3 Å². The van der Waals surface area contributed by atoms with Gasteiger partial charge in [-0.05, 0) is 122 Å². The van der Waals surface area contributed by atoms with Crippen LogP contribution in [0, 0.1) is 5.92 Å². The van der Waals surface area contributed by atoms with Crippen LogP contribution in [-0.2, 0) is 66.1 Å². The highest BCUT2D eigenvalue weighted by molar-refractivity contribution is 7.53. The quantitative estimate of drug-likeness (QED) is 0.0551. The molecule has 4 rings (SSSR count). The molecule has 17 heteroatoms. The second-order valence-electron chi connectivity index (χ2n) is 19.9. The predicted molar refractivity (Wildman–Crippen MR) is 252 cm³/mol. The highest BCUT2D eigenvalue weighted by atomic mass is 31.2. The molecule has 66 heavy (non-hydrogen) atoms. The molecule has 0 spiro atoms. The molecule has 0 aromatic heterocycles. The number of amides is 5. The van der Waals surface area contributed by atoms with Crippen LogP contribution in [0.3, 0.4) is 0 Å². The molecule has 1 heterocycles. The topological polar surface area (TPSA) is 222 Å². The summed E-state index contributed by atoms with van der Waals surface area (Å²) in [5.74, 6) is -4.59. The summed E-state index contributed by atoms with van der Waals surface area (Å²) in [5.41, 5.74) is 3.96. The molecule has 16 nitrogen and oxygen atoms in total. The normalized spacial score (nSPS) is 15.3. The molecule has 0 radical (unpaired) electrons. The second kappa shape index (κ2) is 22.5. The first-order valence-electron chi connectivity index (χ1n) is 22.5. The lowest BCUT2D eigenvalue weighted by Gasteiger charge is -2.41. The van der Waals surface area contributed by atoms with Crippen LogP contribution in [0.15, 0.2) is 66.7 Å². The number of rotatable bonds is 19. The van der Waals surface area contributed by atoms with Crippen LogP contribution in [-0.4, -0.2) is 95.7 Å². The maximum Gasteiger partial charge on any atom is 0.409 e. The first-order chi connectivity index (χ1) is 30.7. The number of piperidine rings is 1. The van der Waals surface area contributed by atoms with Crippen molar-refractivity contribution in [3.8, 4) is 0 Å². The van der Waals surface area contributed by atoms with Gasteiger partial charge in [-0.2, -0.15) is 0 Å². The van der Waals surface area contributed by atoms with Crippen molar-refractivity contribution in [1.29, 1.82) is 0 Å². The lowest BCUT2D eigenvalue weighted by molar-refractivity contribution is -0.157. The van der Waals surface area contributed by atoms with E-state index in [1.807, 2.05) is 42.5 Å². The monoisotopic (exact) mass is 935 g/mol. The molecule has 362 valence electrons. The van der Waals surface area contributed by atoms with Crippen LogP contribution in [0.25, 0.3) is 10.8 Å². The highest BCUT2D eigenvalue weighted by Gasteiger charge is 2.46. The van der Waals surface area contributed by atoms with Gasteiger partial charge in [0.2, 0.25) is 23.6 Å². The number of nitrogens with one attached hydrogen (secondary N) is 3. The summed E-state index contributed by atoms with van der Waals surface area (Å²) in [4.78, 5) is 82.3. The van der Waals surface area contributed by atoms with Crippen LogP contribution in [0.2, 0.25) is 0 Å². The molecule has 1 aliphatic heterocycles. The van der Waals surface area contributed by atoms with Gasteiger partial charge in [0.1, 0.15) is 17.2 Å². The number of fused-ring (bicyclic) bond motifs is 1. The Bertz CT molecular complexity index is 2210. The fourth-order valence-corrected chi connectivity index (χ4v) is 10.3. The van der Waals surface area contributed by atoms with E-state index in [4.69, 9.17) is 24.3 Å². The number of hydrogen-bond acceptors (Lipinski definition) is 11. The summed E-state index contributed by atoms with van der Waals surface area (Å²) in [6, 6.07) is 19.7. The Balaban J connectivity index is 1.57. The smallest absolute Gasteiger partial charge is 0.409 e. The average molecular weight is 936 g/mol. The summed E-state index contributed by atoms with van der Waals surface area (Å²) in [5, 5.41) is 10.6. The van der Waals surface area contributed by atoms with Gasteiger partial charge >= 0.3 is 19.7 Å². The van der Waals surface area contributed by atoms with Crippen molar-refractivity contribution in [2.45, 2.75) is 142 Å². The number of carbonyl (C=O) groups excluding carboxylic acids is 6. The van der Waals surface area contributed by atoms with Gasteiger partial charge in [-0.15, -0.1) is 0 Å². The Morgan fingerprint density at radius 1 is 0.773 bits per heavy atom. The number of benzene rings is 3. The SMILES string of the molecule is COC(=O)N1CCC(NC(=O)[C@@H](CC(=O)OC(C)(C)C)Cc2ccc(CP(=O)(OC(C)(C)C)OC(C)(C)C)cc2)(C(=O)N[C@@H](CC(N)=O)C(=O)NCCCc2cccc3ccccc23)CC1. The van der Waals surface area contributed by atoms with Crippen molar-refractivity contribution < 1.29 is 51.9 Å². The van der Waals surface area contributed by atoms with Gasteiger partial charge in [-0.3, -0.25) is 28.5 Å². The number of aryl methyl sites for hydroxylation is 1. The third-order valence-corrected chi connectivity index (χ3v) is 13.0. The number of esters is 1. The fraction of sp³-hybridized carbons (Fsp3) is 0.551. The molecule has 0 aliphatic carbocycles. The van der Waals surface area contributed by atoms with Gasteiger partial charge in [0, 0.05) is 19.6 Å². The highest BCUT2D eigenvalue weighted by Crippen LogP contribution is 2.57. The maximum absolute atomic E-state index is 14.6. The van der Waals surface area contributed by atoms with E-state index in [0.717, 1.165) is 16.3 Å². The van der Waals surface area contributed by atoms with E-state index in [1.165, 1.54) is 12.0 Å². The Morgan fingerprint density at radius 3 is 1.94 bits per heavy atom. The standard InChI is InChI=1S/C49H70N5O11P/c1-46(2,3)63-41(56)30-37(29-33-20-22-34(23-21-33)32-66(61,64-47(4,5)6)65-48(7,8)9)42(57)53-49(24-27-54(28-25-49)45(60)62-10)44(59)52-39(31-40(50)55)43(58)51-26-14-18-36-17-13-16-35-15-11-12-19-38(35)36/h11-13,15-17,19-23,37,39H,14,18,24-32H2,1-10H3,(H2,50,55)(H,51,58)(H,52,59)(H,53,57)/t37-,39+/m1/s1. The van der Waals surface area contributed by atoms with Crippen LogP contribution in [0.4, 0.5) is 4.79 Å². The van der Waals surface area contributed by atoms with Gasteiger partial charge in [-0.1, -0.05) is 66.7 Å². The summed E-state index contributed by atoms with van der Waals surface area (Å²) < 4.78 is 36.5. The first kappa shape index (κ1) is 53.3. The van der Waals surface area contributed by atoms with Gasteiger partial charge in [0.25, 0.3) is 0 Å². The van der Waals surface area contributed by atoms with Crippen molar-refractivity contribution in [2.75, 3.05) is 26.7 Å². The average Bonchev–Trinajstić information content (AvgIpc) is 3.20. The molecular weight excluding hydrogens is 866 g/mol.